The molecular formula is C18H20N4O3. The van der Waals surface area contributed by atoms with E-state index in [1.165, 1.54) is 5.01 Å². The van der Waals surface area contributed by atoms with E-state index in [-0.39, 0.29) is 17.7 Å². The number of aromatic nitrogens is 1. The number of fused-ring (bicyclic) bond motifs is 1. The second-order valence-corrected chi connectivity index (χ2v) is 6.55. The summed E-state index contributed by atoms with van der Waals surface area (Å²) >= 11 is 0. The fourth-order valence-electron chi connectivity index (χ4n) is 3.40. The van der Waals surface area contributed by atoms with E-state index in [4.69, 9.17) is 4.42 Å². The van der Waals surface area contributed by atoms with Gasteiger partial charge in [0.25, 0.3) is 5.91 Å². The van der Waals surface area contributed by atoms with E-state index in [1.807, 2.05) is 29.2 Å². The zero-order valence-electron chi connectivity index (χ0n) is 14.1. The topological polar surface area (TPSA) is 79.0 Å². The highest BCUT2D eigenvalue weighted by molar-refractivity contribution is 6.39. The Morgan fingerprint density at radius 2 is 1.96 bits per heavy atom. The van der Waals surface area contributed by atoms with E-state index in [0.717, 1.165) is 29.8 Å². The van der Waals surface area contributed by atoms with Gasteiger partial charge in [-0.1, -0.05) is 12.1 Å². The van der Waals surface area contributed by atoms with Crippen molar-refractivity contribution in [2.45, 2.75) is 31.6 Å². The Bertz CT molecular complexity index is 816. The molecule has 0 bridgehead atoms. The molecule has 0 unspecified atom stereocenters. The van der Waals surface area contributed by atoms with Crippen molar-refractivity contribution in [2.24, 2.45) is 5.10 Å². The first-order valence-corrected chi connectivity index (χ1v) is 8.60. The minimum Gasteiger partial charge on any atom is -0.440 e. The number of nitrogens with zero attached hydrogens (tertiary/aromatic N) is 4. The van der Waals surface area contributed by atoms with Crippen molar-refractivity contribution in [1.82, 2.24) is 14.9 Å². The van der Waals surface area contributed by atoms with Crippen molar-refractivity contribution < 1.29 is 14.0 Å². The quantitative estimate of drug-likeness (QED) is 0.839. The maximum Gasteiger partial charge on any atom is 0.270 e. The number of rotatable bonds is 2. The number of amides is 2. The Balaban J connectivity index is 1.42. The number of piperidine rings is 1. The summed E-state index contributed by atoms with van der Waals surface area (Å²) in [5.74, 6) is 0.879. The van der Waals surface area contributed by atoms with Crippen LogP contribution >= 0.6 is 0 Å². The van der Waals surface area contributed by atoms with Crippen molar-refractivity contribution in [3.8, 4) is 0 Å². The molecule has 1 fully saturated rings. The van der Waals surface area contributed by atoms with Gasteiger partial charge in [0, 0.05) is 38.9 Å². The number of benzene rings is 1. The number of likely N-dealkylation sites (tertiary alicyclic amines) is 1. The average molecular weight is 340 g/mol. The van der Waals surface area contributed by atoms with Crippen LogP contribution in [0.5, 0.6) is 0 Å². The monoisotopic (exact) mass is 340 g/mol. The van der Waals surface area contributed by atoms with Gasteiger partial charge in [-0.15, -0.1) is 0 Å². The Kier molecular flexibility index (Phi) is 3.99. The molecule has 7 nitrogen and oxygen atoms in total. The molecule has 0 N–H and O–H groups in total. The molecule has 2 aliphatic rings. The SMILES string of the molecule is CN1N=C(C(=O)N2CCC(c3nc4ccccc4o3)CC2)CCC1=O. The Morgan fingerprint density at radius 3 is 2.68 bits per heavy atom. The largest absolute Gasteiger partial charge is 0.440 e. The smallest absolute Gasteiger partial charge is 0.270 e. The Hall–Kier alpha value is -2.70. The highest BCUT2D eigenvalue weighted by atomic mass is 16.3. The first-order valence-electron chi connectivity index (χ1n) is 8.60. The molecule has 2 amide bonds. The average Bonchev–Trinajstić information content (AvgIpc) is 3.08. The number of hydrazone groups is 1. The standard InChI is InChI=1S/C18H20N4O3/c1-21-16(23)7-6-14(20-21)18(24)22-10-8-12(9-11-22)17-19-13-4-2-3-5-15(13)25-17/h2-5,12H,6-11H2,1H3. The third-order valence-electron chi connectivity index (χ3n) is 4.90. The summed E-state index contributed by atoms with van der Waals surface area (Å²) in [5.41, 5.74) is 2.16. The van der Waals surface area contributed by atoms with Gasteiger partial charge in [0.2, 0.25) is 5.91 Å². The van der Waals surface area contributed by atoms with Gasteiger partial charge in [0.15, 0.2) is 11.5 Å². The Labute approximate surface area is 145 Å². The van der Waals surface area contributed by atoms with Crippen LogP contribution in [0, 0.1) is 0 Å². The fourth-order valence-corrected chi connectivity index (χ4v) is 3.40. The first-order chi connectivity index (χ1) is 12.1. The molecule has 0 radical (unpaired) electrons. The van der Waals surface area contributed by atoms with Gasteiger partial charge in [0.05, 0.1) is 0 Å². The number of para-hydroxylation sites is 2. The number of hydrogen-bond acceptors (Lipinski definition) is 5. The highest BCUT2D eigenvalue weighted by Gasteiger charge is 2.30. The molecule has 0 spiro atoms. The summed E-state index contributed by atoms with van der Waals surface area (Å²) in [6.45, 7) is 1.30. The van der Waals surface area contributed by atoms with E-state index < -0.39 is 0 Å². The molecule has 1 aromatic heterocycles. The van der Waals surface area contributed by atoms with Crippen LogP contribution in [0.2, 0.25) is 0 Å². The lowest BCUT2D eigenvalue weighted by Gasteiger charge is -2.31. The van der Waals surface area contributed by atoms with Gasteiger partial charge in [0.1, 0.15) is 11.2 Å². The molecule has 1 saturated heterocycles. The molecule has 1 aromatic carbocycles. The summed E-state index contributed by atoms with van der Waals surface area (Å²) < 4.78 is 5.86. The molecule has 0 atom stereocenters. The maximum atomic E-state index is 12.6. The van der Waals surface area contributed by atoms with Crippen LogP contribution < -0.4 is 0 Å². The summed E-state index contributed by atoms with van der Waals surface area (Å²) in [6.07, 6.45) is 2.41. The van der Waals surface area contributed by atoms with Gasteiger partial charge in [-0.05, 0) is 25.0 Å². The van der Waals surface area contributed by atoms with Crippen LogP contribution in [0.15, 0.2) is 33.8 Å². The summed E-state index contributed by atoms with van der Waals surface area (Å²) in [6, 6.07) is 7.75. The predicted molar refractivity (Wildman–Crippen MR) is 92.0 cm³/mol. The van der Waals surface area contributed by atoms with Crippen molar-refractivity contribution in [1.29, 1.82) is 0 Å². The zero-order valence-corrected chi connectivity index (χ0v) is 14.1. The lowest BCUT2D eigenvalue weighted by molar-refractivity contribution is -0.130. The lowest BCUT2D eigenvalue weighted by Crippen LogP contribution is -2.44. The molecule has 25 heavy (non-hydrogen) atoms. The number of oxazole rings is 1. The van der Waals surface area contributed by atoms with Gasteiger partial charge >= 0.3 is 0 Å². The maximum absolute atomic E-state index is 12.6. The zero-order chi connectivity index (χ0) is 17.4. The van der Waals surface area contributed by atoms with E-state index in [1.54, 1.807) is 7.05 Å². The third-order valence-corrected chi connectivity index (χ3v) is 4.90. The van der Waals surface area contributed by atoms with Crippen molar-refractivity contribution in [3.05, 3.63) is 30.2 Å². The Morgan fingerprint density at radius 1 is 1.20 bits per heavy atom. The predicted octanol–water partition coefficient (Wildman–Crippen LogP) is 2.14. The molecule has 3 heterocycles. The molecular weight excluding hydrogens is 320 g/mol. The molecule has 0 saturated carbocycles. The van der Waals surface area contributed by atoms with Gasteiger partial charge < -0.3 is 9.32 Å². The van der Waals surface area contributed by atoms with Crippen molar-refractivity contribution in [2.75, 3.05) is 20.1 Å². The van der Waals surface area contributed by atoms with Gasteiger partial charge in [-0.25, -0.2) is 9.99 Å². The molecule has 7 heteroatoms. The highest BCUT2D eigenvalue weighted by Crippen LogP contribution is 2.30. The number of carbonyl (C=O) groups excluding carboxylic acids is 2. The van der Waals surface area contributed by atoms with Crippen LogP contribution in [-0.2, 0) is 9.59 Å². The second-order valence-electron chi connectivity index (χ2n) is 6.55. The fraction of sp³-hybridized carbons (Fsp3) is 0.444. The summed E-state index contributed by atoms with van der Waals surface area (Å²) in [7, 11) is 1.59. The van der Waals surface area contributed by atoms with Crippen molar-refractivity contribution in [3.63, 3.8) is 0 Å². The lowest BCUT2D eigenvalue weighted by atomic mass is 9.96. The van der Waals surface area contributed by atoms with Crippen LogP contribution in [0.25, 0.3) is 11.1 Å². The van der Waals surface area contributed by atoms with E-state index >= 15 is 0 Å². The third kappa shape index (κ3) is 3.01. The van der Waals surface area contributed by atoms with E-state index in [2.05, 4.69) is 10.1 Å². The summed E-state index contributed by atoms with van der Waals surface area (Å²) in [5, 5.41) is 5.39. The minimum absolute atomic E-state index is 0.0498. The van der Waals surface area contributed by atoms with Gasteiger partial charge in [-0.3, -0.25) is 9.59 Å². The van der Waals surface area contributed by atoms with Crippen LogP contribution in [0.4, 0.5) is 0 Å². The van der Waals surface area contributed by atoms with Crippen LogP contribution in [-0.4, -0.2) is 52.6 Å². The summed E-state index contributed by atoms with van der Waals surface area (Å²) in [4.78, 5) is 30.5. The second kappa shape index (κ2) is 6.31. The van der Waals surface area contributed by atoms with Crippen LogP contribution in [0.3, 0.4) is 0 Å². The molecule has 130 valence electrons. The van der Waals surface area contributed by atoms with Gasteiger partial charge in [-0.2, -0.15) is 5.10 Å². The van der Waals surface area contributed by atoms with Crippen molar-refractivity contribution >= 4 is 28.6 Å². The number of hydrogen-bond donors (Lipinski definition) is 0. The minimum atomic E-state index is -0.0598. The molecule has 2 aliphatic heterocycles. The molecule has 2 aromatic rings. The first kappa shape index (κ1) is 15.8. The van der Waals surface area contributed by atoms with Crippen LogP contribution in [0.1, 0.15) is 37.5 Å². The molecule has 0 aliphatic carbocycles. The normalized spacial score (nSPS) is 19.4. The molecule has 4 rings (SSSR count). The van der Waals surface area contributed by atoms with E-state index in [0.29, 0.717) is 31.6 Å². The number of carbonyl (C=O) groups is 2. The van der Waals surface area contributed by atoms with E-state index in [9.17, 15) is 9.59 Å².